The Labute approximate surface area is 188 Å². The molecule has 0 spiro atoms. The van der Waals surface area contributed by atoms with Gasteiger partial charge in [-0.3, -0.25) is 10.1 Å². The molecule has 3 rings (SSSR count). The van der Waals surface area contributed by atoms with Crippen LogP contribution in [0.2, 0.25) is 10.0 Å². The molecule has 1 amide bonds. The second kappa shape index (κ2) is 9.46. The zero-order valence-corrected chi connectivity index (χ0v) is 19.3. The molecule has 0 bridgehead atoms. The summed E-state index contributed by atoms with van der Waals surface area (Å²) >= 11 is 12.2. The molecule has 1 heterocycles. The van der Waals surface area contributed by atoms with Crippen molar-refractivity contribution in [2.45, 2.75) is 38.3 Å². The third kappa shape index (κ3) is 4.85. The first kappa shape index (κ1) is 22.7. The summed E-state index contributed by atoms with van der Waals surface area (Å²) in [6.45, 7) is 5.00. The number of nitrogens with zero attached hydrogens (tertiary/aromatic N) is 1. The Morgan fingerprint density at radius 3 is 2.57 bits per heavy atom. The van der Waals surface area contributed by atoms with Crippen LogP contribution in [0.15, 0.2) is 36.4 Å². The van der Waals surface area contributed by atoms with Gasteiger partial charge in [-0.1, -0.05) is 29.3 Å². The number of ether oxygens (including phenoxy) is 2. The van der Waals surface area contributed by atoms with E-state index in [0.717, 1.165) is 42.0 Å². The summed E-state index contributed by atoms with van der Waals surface area (Å²) in [7, 11) is 3.27. The lowest BCUT2D eigenvalue weighted by atomic mass is 9.94. The van der Waals surface area contributed by atoms with Gasteiger partial charge in [-0.05, 0) is 56.5 Å². The summed E-state index contributed by atoms with van der Waals surface area (Å²) in [5, 5.41) is 4.39. The van der Waals surface area contributed by atoms with E-state index in [1.54, 1.807) is 20.3 Å². The summed E-state index contributed by atoms with van der Waals surface area (Å²) in [5.41, 5.74) is 1.55. The Bertz CT molecular complexity index is 917. The van der Waals surface area contributed by atoms with Crippen molar-refractivity contribution in [1.29, 1.82) is 0 Å². The summed E-state index contributed by atoms with van der Waals surface area (Å²) in [6.07, 6.45) is 1.87. The second-order valence-electron chi connectivity index (χ2n) is 7.96. The van der Waals surface area contributed by atoms with Crippen molar-refractivity contribution < 1.29 is 14.3 Å². The van der Waals surface area contributed by atoms with Crippen LogP contribution in [0.4, 0.5) is 0 Å². The molecule has 0 aromatic heterocycles. The van der Waals surface area contributed by atoms with Crippen LogP contribution in [0.3, 0.4) is 0 Å². The molecule has 1 unspecified atom stereocenters. The summed E-state index contributed by atoms with van der Waals surface area (Å²) in [5.74, 6) is 1.53. The van der Waals surface area contributed by atoms with Crippen molar-refractivity contribution >= 4 is 29.1 Å². The van der Waals surface area contributed by atoms with Gasteiger partial charge in [0, 0.05) is 23.7 Å². The molecule has 1 aliphatic heterocycles. The smallest absolute Gasteiger partial charge is 0.237 e. The highest BCUT2D eigenvalue weighted by atomic mass is 35.5. The number of benzene rings is 2. The fraction of sp³-hybridized carbons (Fsp3) is 0.435. The number of methoxy groups -OCH3 is 2. The lowest BCUT2D eigenvalue weighted by Crippen LogP contribution is -2.44. The summed E-state index contributed by atoms with van der Waals surface area (Å²) in [4.78, 5) is 15.0. The fourth-order valence-corrected chi connectivity index (χ4v) is 4.17. The van der Waals surface area contributed by atoms with Gasteiger partial charge in [0.1, 0.15) is 11.5 Å². The number of carbonyl (C=O) groups is 1. The Balaban J connectivity index is 1.72. The molecule has 7 heteroatoms. The number of hydrogen-bond donors (Lipinski definition) is 1. The van der Waals surface area contributed by atoms with E-state index in [9.17, 15) is 4.79 Å². The number of hydrogen-bond acceptors (Lipinski definition) is 4. The van der Waals surface area contributed by atoms with Gasteiger partial charge in [-0.2, -0.15) is 0 Å². The maximum absolute atomic E-state index is 13.1. The van der Waals surface area contributed by atoms with Crippen LogP contribution in [0.1, 0.15) is 43.9 Å². The number of likely N-dealkylation sites (tertiary alicyclic amines) is 1. The average Bonchev–Trinajstić information content (AvgIpc) is 3.23. The zero-order chi connectivity index (χ0) is 21.9. The van der Waals surface area contributed by atoms with Crippen LogP contribution >= 0.6 is 23.2 Å². The van der Waals surface area contributed by atoms with Crippen molar-refractivity contribution in [3.8, 4) is 11.5 Å². The van der Waals surface area contributed by atoms with Crippen molar-refractivity contribution in [3.63, 3.8) is 0 Å². The number of amides is 1. The zero-order valence-electron chi connectivity index (χ0n) is 17.8. The molecule has 162 valence electrons. The normalized spacial score (nSPS) is 16.6. The topological polar surface area (TPSA) is 50.8 Å². The maximum Gasteiger partial charge on any atom is 0.237 e. The lowest BCUT2D eigenvalue weighted by Gasteiger charge is -2.31. The van der Waals surface area contributed by atoms with E-state index in [4.69, 9.17) is 32.7 Å². The standard InChI is InChI=1S/C23H28Cl2N2O3/c1-23(2,15-7-10-18(24)19(25)12-15)26-14-22(28)27-11-5-6-20(27)17-9-8-16(29-3)13-21(17)30-4/h7-10,12-13,20,26H,5-6,11,14H2,1-4H3. The lowest BCUT2D eigenvalue weighted by molar-refractivity contribution is -0.131. The number of carbonyl (C=O) groups excluding carboxylic acids is 1. The van der Waals surface area contributed by atoms with Gasteiger partial charge >= 0.3 is 0 Å². The number of halogens is 2. The van der Waals surface area contributed by atoms with Gasteiger partial charge in [0.25, 0.3) is 0 Å². The summed E-state index contributed by atoms with van der Waals surface area (Å²) in [6, 6.07) is 11.3. The molecule has 0 aliphatic carbocycles. The molecule has 1 aliphatic rings. The van der Waals surface area contributed by atoms with E-state index in [1.165, 1.54) is 0 Å². The third-order valence-electron chi connectivity index (χ3n) is 5.70. The largest absolute Gasteiger partial charge is 0.497 e. The predicted molar refractivity (Wildman–Crippen MR) is 121 cm³/mol. The Kier molecular flexibility index (Phi) is 7.17. The molecule has 30 heavy (non-hydrogen) atoms. The van der Waals surface area contributed by atoms with E-state index in [-0.39, 0.29) is 18.5 Å². The highest BCUT2D eigenvalue weighted by Crippen LogP contribution is 2.38. The van der Waals surface area contributed by atoms with Crippen molar-refractivity contribution in [2.75, 3.05) is 27.3 Å². The molecule has 1 N–H and O–H groups in total. The van der Waals surface area contributed by atoms with Crippen molar-refractivity contribution in [3.05, 3.63) is 57.6 Å². The molecule has 2 aromatic carbocycles. The Hall–Kier alpha value is -1.95. The van der Waals surface area contributed by atoms with E-state index in [2.05, 4.69) is 5.32 Å². The van der Waals surface area contributed by atoms with E-state index in [1.807, 2.05) is 49.1 Å². The number of rotatable bonds is 7. The molecular weight excluding hydrogens is 423 g/mol. The minimum atomic E-state index is -0.434. The van der Waals surface area contributed by atoms with Crippen molar-refractivity contribution in [1.82, 2.24) is 10.2 Å². The first-order valence-electron chi connectivity index (χ1n) is 9.98. The third-order valence-corrected chi connectivity index (χ3v) is 6.43. The van der Waals surface area contributed by atoms with Gasteiger partial charge in [0.05, 0.1) is 36.9 Å². The average molecular weight is 451 g/mol. The highest BCUT2D eigenvalue weighted by Gasteiger charge is 2.33. The second-order valence-corrected chi connectivity index (χ2v) is 8.77. The Morgan fingerprint density at radius 2 is 1.90 bits per heavy atom. The molecule has 1 atom stereocenters. The van der Waals surface area contributed by atoms with Gasteiger partial charge in [-0.25, -0.2) is 0 Å². The molecular formula is C23H28Cl2N2O3. The van der Waals surface area contributed by atoms with Crippen LogP contribution in [-0.4, -0.2) is 38.1 Å². The monoisotopic (exact) mass is 450 g/mol. The molecule has 1 fully saturated rings. The Morgan fingerprint density at radius 1 is 1.13 bits per heavy atom. The summed E-state index contributed by atoms with van der Waals surface area (Å²) < 4.78 is 10.9. The highest BCUT2D eigenvalue weighted by molar-refractivity contribution is 6.42. The quantitative estimate of drug-likeness (QED) is 0.629. The van der Waals surface area contributed by atoms with Gasteiger partial charge < -0.3 is 14.4 Å². The van der Waals surface area contributed by atoms with Crippen LogP contribution in [0.25, 0.3) is 0 Å². The molecule has 1 saturated heterocycles. The minimum absolute atomic E-state index is 0.00625. The van der Waals surface area contributed by atoms with Gasteiger partial charge in [-0.15, -0.1) is 0 Å². The maximum atomic E-state index is 13.1. The van der Waals surface area contributed by atoms with Crippen molar-refractivity contribution in [2.24, 2.45) is 0 Å². The predicted octanol–water partition coefficient (Wildman–Crippen LogP) is 5.20. The minimum Gasteiger partial charge on any atom is -0.497 e. The molecule has 5 nitrogen and oxygen atoms in total. The van der Waals surface area contributed by atoms with E-state index >= 15 is 0 Å². The van der Waals surface area contributed by atoms with E-state index < -0.39 is 5.54 Å². The molecule has 0 radical (unpaired) electrons. The van der Waals surface area contributed by atoms with Gasteiger partial charge in [0.2, 0.25) is 5.91 Å². The first-order chi connectivity index (χ1) is 14.3. The van der Waals surface area contributed by atoms with Crippen LogP contribution < -0.4 is 14.8 Å². The number of nitrogens with one attached hydrogen (secondary N) is 1. The van der Waals surface area contributed by atoms with Gasteiger partial charge in [0.15, 0.2) is 0 Å². The fourth-order valence-electron chi connectivity index (χ4n) is 3.87. The molecule has 0 saturated carbocycles. The molecule has 2 aromatic rings. The van der Waals surface area contributed by atoms with Crippen LogP contribution in [0.5, 0.6) is 11.5 Å². The SMILES string of the molecule is COc1ccc(C2CCCN2C(=O)CNC(C)(C)c2ccc(Cl)c(Cl)c2)c(OC)c1. The first-order valence-corrected chi connectivity index (χ1v) is 10.7. The van der Waals surface area contributed by atoms with E-state index in [0.29, 0.717) is 10.0 Å². The van der Waals surface area contributed by atoms with Crippen LogP contribution in [0, 0.1) is 0 Å². The van der Waals surface area contributed by atoms with Crippen LogP contribution in [-0.2, 0) is 10.3 Å².